The number of nitrogens with zero attached hydrogens (tertiary/aromatic N) is 2. The van der Waals surface area contributed by atoms with Gasteiger partial charge < -0.3 is 9.84 Å². The molecule has 1 aliphatic heterocycles. The zero-order valence-electron chi connectivity index (χ0n) is 9.00. The van der Waals surface area contributed by atoms with Gasteiger partial charge in [0.1, 0.15) is 11.8 Å². The summed E-state index contributed by atoms with van der Waals surface area (Å²) in [4.78, 5) is 8.22. The molecule has 1 aliphatic rings. The van der Waals surface area contributed by atoms with Crippen LogP contribution in [0.4, 0.5) is 0 Å². The summed E-state index contributed by atoms with van der Waals surface area (Å²) in [5, 5.41) is 10.4. The summed E-state index contributed by atoms with van der Waals surface area (Å²) in [5.74, 6) is 3.61. The van der Waals surface area contributed by atoms with E-state index < -0.39 is 6.10 Å². The molecule has 1 saturated heterocycles. The molecule has 0 bridgehead atoms. The van der Waals surface area contributed by atoms with Crippen LogP contribution in [0.2, 0.25) is 0 Å². The number of hydrogen-bond acceptors (Lipinski definition) is 6. The molecule has 1 fully saturated rings. The monoisotopic (exact) mass is 258 g/mol. The quantitative estimate of drug-likeness (QED) is 0.883. The van der Waals surface area contributed by atoms with E-state index >= 15 is 0 Å². The molecule has 2 unspecified atom stereocenters. The molecule has 16 heavy (non-hydrogen) atoms. The van der Waals surface area contributed by atoms with Crippen LogP contribution in [0.5, 0.6) is 5.88 Å². The highest BCUT2D eigenvalue weighted by Gasteiger charge is 2.27. The van der Waals surface area contributed by atoms with Crippen LogP contribution < -0.4 is 4.74 Å². The predicted octanol–water partition coefficient (Wildman–Crippen LogP) is 1.37. The van der Waals surface area contributed by atoms with E-state index in [1.807, 2.05) is 11.8 Å². The number of rotatable bonds is 3. The molecule has 88 valence electrons. The van der Waals surface area contributed by atoms with Crippen LogP contribution in [0.15, 0.2) is 12.4 Å². The number of methoxy groups -OCH3 is 1. The molecule has 0 radical (unpaired) electrons. The maximum absolute atomic E-state index is 10.2. The second-order valence-electron chi connectivity index (χ2n) is 3.38. The van der Waals surface area contributed by atoms with Crippen molar-refractivity contribution >= 4 is 23.5 Å². The summed E-state index contributed by atoms with van der Waals surface area (Å²) in [6, 6.07) is 0. The third kappa shape index (κ3) is 2.61. The van der Waals surface area contributed by atoms with Gasteiger partial charge in [-0.05, 0) is 0 Å². The normalized spacial score (nSPS) is 22.8. The molecule has 6 heteroatoms. The van der Waals surface area contributed by atoms with Gasteiger partial charge in [-0.1, -0.05) is 0 Å². The van der Waals surface area contributed by atoms with Gasteiger partial charge >= 0.3 is 0 Å². The van der Waals surface area contributed by atoms with Crippen molar-refractivity contribution in [3.8, 4) is 5.88 Å². The third-order valence-corrected chi connectivity index (χ3v) is 5.21. The SMILES string of the molecule is COc1nccnc1C(O)C1CSCCS1. The van der Waals surface area contributed by atoms with Gasteiger partial charge in [-0.25, -0.2) is 4.98 Å². The molecule has 4 nitrogen and oxygen atoms in total. The largest absolute Gasteiger partial charge is 0.480 e. The van der Waals surface area contributed by atoms with E-state index in [4.69, 9.17) is 4.74 Å². The molecule has 2 heterocycles. The summed E-state index contributed by atoms with van der Waals surface area (Å²) < 4.78 is 5.11. The topological polar surface area (TPSA) is 55.2 Å². The lowest BCUT2D eigenvalue weighted by Crippen LogP contribution is -2.23. The maximum Gasteiger partial charge on any atom is 0.238 e. The van der Waals surface area contributed by atoms with Crippen LogP contribution >= 0.6 is 23.5 Å². The van der Waals surface area contributed by atoms with Crippen LogP contribution in [0.1, 0.15) is 11.8 Å². The lowest BCUT2D eigenvalue weighted by atomic mass is 10.2. The van der Waals surface area contributed by atoms with Gasteiger partial charge in [0.25, 0.3) is 0 Å². The van der Waals surface area contributed by atoms with E-state index in [2.05, 4.69) is 9.97 Å². The van der Waals surface area contributed by atoms with Gasteiger partial charge in [0, 0.05) is 34.9 Å². The van der Waals surface area contributed by atoms with E-state index in [1.165, 1.54) is 0 Å². The fourth-order valence-corrected chi connectivity index (χ4v) is 4.29. The molecule has 2 rings (SSSR count). The number of aliphatic hydroxyl groups excluding tert-OH is 1. The van der Waals surface area contributed by atoms with Crippen LogP contribution in [0, 0.1) is 0 Å². The number of aliphatic hydroxyl groups is 1. The van der Waals surface area contributed by atoms with Crippen molar-refractivity contribution in [2.45, 2.75) is 11.4 Å². The highest BCUT2D eigenvalue weighted by atomic mass is 32.2. The Kier molecular flexibility index (Phi) is 4.31. The standard InChI is InChI=1S/C10H14N2O2S2/c1-14-10-8(11-2-3-12-10)9(13)7-6-15-4-5-16-7/h2-3,7,9,13H,4-6H2,1H3. The number of hydrogen-bond donors (Lipinski definition) is 1. The van der Waals surface area contributed by atoms with Crippen molar-refractivity contribution < 1.29 is 9.84 Å². The Morgan fingerprint density at radius 1 is 1.44 bits per heavy atom. The summed E-state index contributed by atoms with van der Waals surface area (Å²) in [5.41, 5.74) is 0.546. The summed E-state index contributed by atoms with van der Waals surface area (Å²) in [6.45, 7) is 0. The second kappa shape index (κ2) is 5.75. The van der Waals surface area contributed by atoms with Crippen molar-refractivity contribution in [1.29, 1.82) is 0 Å². The molecule has 0 aromatic carbocycles. The van der Waals surface area contributed by atoms with Gasteiger partial charge in [0.15, 0.2) is 0 Å². The summed E-state index contributed by atoms with van der Waals surface area (Å²) in [6.07, 6.45) is 2.56. The Bertz CT molecular complexity index is 345. The van der Waals surface area contributed by atoms with Crippen LogP contribution in [-0.2, 0) is 0 Å². The minimum absolute atomic E-state index is 0.185. The molecule has 1 N–H and O–H groups in total. The van der Waals surface area contributed by atoms with Crippen molar-refractivity contribution in [3.05, 3.63) is 18.1 Å². The molecule has 0 spiro atoms. The van der Waals surface area contributed by atoms with Crippen molar-refractivity contribution in [1.82, 2.24) is 9.97 Å². The summed E-state index contributed by atoms with van der Waals surface area (Å²) >= 11 is 3.66. The molecule has 0 amide bonds. The van der Waals surface area contributed by atoms with Gasteiger partial charge in [-0.15, -0.1) is 0 Å². The minimum atomic E-state index is -0.596. The van der Waals surface area contributed by atoms with Crippen molar-refractivity contribution in [3.63, 3.8) is 0 Å². The average Bonchev–Trinajstić information content (AvgIpc) is 2.39. The highest BCUT2D eigenvalue weighted by molar-refractivity contribution is 8.06. The first kappa shape index (κ1) is 12.0. The Hall–Kier alpha value is -0.460. The first-order valence-corrected chi connectivity index (χ1v) is 7.25. The zero-order valence-corrected chi connectivity index (χ0v) is 10.6. The Morgan fingerprint density at radius 2 is 2.25 bits per heavy atom. The first-order valence-electron chi connectivity index (χ1n) is 5.05. The second-order valence-corrected chi connectivity index (χ2v) is 5.88. The molecule has 1 aromatic heterocycles. The van der Waals surface area contributed by atoms with Crippen molar-refractivity contribution in [2.24, 2.45) is 0 Å². The molecular formula is C10H14N2O2S2. The Balaban J connectivity index is 2.15. The Labute approximate surface area is 103 Å². The fourth-order valence-electron chi connectivity index (χ4n) is 1.56. The summed E-state index contributed by atoms with van der Waals surface area (Å²) in [7, 11) is 1.54. The molecule has 2 atom stereocenters. The zero-order chi connectivity index (χ0) is 11.4. The Morgan fingerprint density at radius 3 is 2.94 bits per heavy atom. The van der Waals surface area contributed by atoms with E-state index in [0.717, 1.165) is 17.3 Å². The lowest BCUT2D eigenvalue weighted by molar-refractivity contribution is 0.169. The minimum Gasteiger partial charge on any atom is -0.480 e. The first-order chi connectivity index (χ1) is 7.83. The highest BCUT2D eigenvalue weighted by Crippen LogP contribution is 2.34. The van der Waals surface area contributed by atoms with Crippen LogP contribution in [0.25, 0.3) is 0 Å². The number of aromatic nitrogens is 2. The van der Waals surface area contributed by atoms with Gasteiger partial charge in [0.05, 0.1) is 7.11 Å². The molecule has 1 aromatic rings. The van der Waals surface area contributed by atoms with Crippen molar-refractivity contribution in [2.75, 3.05) is 24.4 Å². The number of thioether (sulfide) groups is 2. The van der Waals surface area contributed by atoms with Crippen LogP contribution in [-0.4, -0.2) is 44.7 Å². The number of ether oxygens (including phenoxy) is 1. The van der Waals surface area contributed by atoms with Crippen LogP contribution in [0.3, 0.4) is 0 Å². The van der Waals surface area contributed by atoms with E-state index in [0.29, 0.717) is 11.6 Å². The molecular weight excluding hydrogens is 244 g/mol. The molecule has 0 aliphatic carbocycles. The van der Waals surface area contributed by atoms with E-state index in [9.17, 15) is 5.11 Å². The van der Waals surface area contributed by atoms with Gasteiger partial charge in [-0.3, -0.25) is 4.98 Å². The predicted molar refractivity (Wildman–Crippen MR) is 67.1 cm³/mol. The van der Waals surface area contributed by atoms with E-state index in [1.54, 1.807) is 31.3 Å². The molecule has 0 saturated carbocycles. The fraction of sp³-hybridized carbons (Fsp3) is 0.600. The smallest absolute Gasteiger partial charge is 0.238 e. The van der Waals surface area contributed by atoms with E-state index in [-0.39, 0.29) is 5.25 Å². The lowest BCUT2D eigenvalue weighted by Gasteiger charge is -2.25. The average molecular weight is 258 g/mol. The van der Waals surface area contributed by atoms with Gasteiger partial charge in [0.2, 0.25) is 5.88 Å². The van der Waals surface area contributed by atoms with Gasteiger partial charge in [-0.2, -0.15) is 23.5 Å². The maximum atomic E-state index is 10.2. The third-order valence-electron chi connectivity index (χ3n) is 2.36.